The van der Waals surface area contributed by atoms with Gasteiger partial charge in [0.25, 0.3) is 0 Å². The molecule has 0 radical (unpaired) electrons. The normalized spacial score (nSPS) is 10.8. The Kier molecular flexibility index (Phi) is 9.73. The molecule has 0 N–H and O–H groups in total. The number of hydrogen-bond acceptors (Lipinski definition) is 6. The molecule has 0 aliphatic heterocycles. The zero-order chi connectivity index (χ0) is 19.4. The van der Waals surface area contributed by atoms with Crippen molar-refractivity contribution in [1.82, 2.24) is 9.80 Å². The molecule has 1 heterocycles. The number of rotatable bonds is 8. The van der Waals surface area contributed by atoms with Crippen LogP contribution in [0.5, 0.6) is 11.5 Å². The number of benzene rings is 2. The van der Waals surface area contributed by atoms with Crippen molar-refractivity contribution in [2.75, 3.05) is 54.5 Å². The lowest BCUT2D eigenvalue weighted by Gasteiger charge is -2.12. The lowest BCUT2D eigenvalue weighted by atomic mass is 10.1. The van der Waals surface area contributed by atoms with Gasteiger partial charge < -0.3 is 23.7 Å². The summed E-state index contributed by atoms with van der Waals surface area (Å²) < 4.78 is 17.5. The standard InChI is InChI=1S/C21H26N2O4.2ClH/c1-22(2)9-11-25-15-5-7-17-19(13-15)27-20-14-16(26-12-10-23(3)4)6-8-18(20)21(17)24;;/h5-8,13-14H,9-12H2,1-4H3;2*1H. The highest BCUT2D eigenvalue weighted by molar-refractivity contribution is 5.90. The summed E-state index contributed by atoms with van der Waals surface area (Å²) in [5, 5.41) is 1.09. The number of likely N-dealkylation sites (N-methyl/N-ethyl adjacent to an activating group) is 2. The summed E-state index contributed by atoms with van der Waals surface area (Å²) >= 11 is 0. The molecule has 8 heteroatoms. The van der Waals surface area contributed by atoms with Crippen molar-refractivity contribution in [2.24, 2.45) is 0 Å². The maximum Gasteiger partial charge on any atom is 0.200 e. The van der Waals surface area contributed by atoms with E-state index in [0.717, 1.165) is 13.1 Å². The van der Waals surface area contributed by atoms with E-state index in [-0.39, 0.29) is 30.2 Å². The van der Waals surface area contributed by atoms with Gasteiger partial charge in [0.2, 0.25) is 5.43 Å². The van der Waals surface area contributed by atoms with Gasteiger partial charge in [-0.3, -0.25) is 4.79 Å². The van der Waals surface area contributed by atoms with E-state index in [1.54, 1.807) is 36.4 Å². The number of halogens is 2. The van der Waals surface area contributed by atoms with Gasteiger partial charge in [-0.1, -0.05) is 0 Å². The Bertz CT molecular complexity index is 914. The van der Waals surface area contributed by atoms with Crippen molar-refractivity contribution in [3.8, 4) is 11.5 Å². The Hall–Kier alpha value is -1.99. The number of hydrogen-bond donors (Lipinski definition) is 0. The zero-order valence-corrected chi connectivity index (χ0v) is 18.8. The summed E-state index contributed by atoms with van der Waals surface area (Å²) in [6, 6.07) is 10.7. The van der Waals surface area contributed by atoms with Gasteiger partial charge in [0.05, 0.1) is 10.8 Å². The smallest absolute Gasteiger partial charge is 0.200 e. The average Bonchev–Trinajstić information content (AvgIpc) is 2.61. The largest absolute Gasteiger partial charge is 0.492 e. The molecule has 0 fully saturated rings. The van der Waals surface area contributed by atoms with Crippen LogP contribution in [-0.4, -0.2) is 64.3 Å². The van der Waals surface area contributed by atoms with Gasteiger partial charge in [-0.2, -0.15) is 0 Å². The number of nitrogens with zero attached hydrogens (tertiary/aromatic N) is 2. The van der Waals surface area contributed by atoms with Crippen LogP contribution in [0.3, 0.4) is 0 Å². The summed E-state index contributed by atoms with van der Waals surface area (Å²) in [7, 11) is 7.97. The first-order valence-corrected chi connectivity index (χ1v) is 9.00. The summed E-state index contributed by atoms with van der Waals surface area (Å²) in [5.41, 5.74) is 0.978. The summed E-state index contributed by atoms with van der Waals surface area (Å²) in [4.78, 5) is 16.9. The lowest BCUT2D eigenvalue weighted by Crippen LogP contribution is -2.19. The predicted octanol–water partition coefficient (Wildman–Crippen LogP) is 3.67. The fourth-order valence-electron chi connectivity index (χ4n) is 2.68. The third kappa shape index (κ3) is 6.51. The highest BCUT2D eigenvalue weighted by atomic mass is 35.5. The van der Waals surface area contributed by atoms with E-state index < -0.39 is 0 Å². The van der Waals surface area contributed by atoms with E-state index in [2.05, 4.69) is 0 Å². The predicted molar refractivity (Wildman–Crippen MR) is 123 cm³/mol. The molecule has 0 amide bonds. The Labute approximate surface area is 183 Å². The van der Waals surface area contributed by atoms with Gasteiger partial charge in [0, 0.05) is 25.2 Å². The van der Waals surface area contributed by atoms with Gasteiger partial charge in [0.1, 0.15) is 35.9 Å². The van der Waals surface area contributed by atoms with Gasteiger partial charge in [-0.25, -0.2) is 0 Å². The molecule has 3 aromatic rings. The molecule has 0 aliphatic rings. The first-order valence-electron chi connectivity index (χ1n) is 9.00. The molecule has 160 valence electrons. The molecule has 0 bridgehead atoms. The molecule has 6 nitrogen and oxygen atoms in total. The van der Waals surface area contributed by atoms with E-state index in [1.807, 2.05) is 38.0 Å². The molecular formula is C21H28Cl2N2O4. The molecule has 0 spiro atoms. The van der Waals surface area contributed by atoms with Crippen molar-refractivity contribution < 1.29 is 13.9 Å². The average molecular weight is 443 g/mol. The third-order valence-electron chi connectivity index (χ3n) is 4.23. The van der Waals surface area contributed by atoms with Gasteiger partial charge >= 0.3 is 0 Å². The van der Waals surface area contributed by atoms with Crippen LogP contribution in [0, 0.1) is 0 Å². The highest BCUT2D eigenvalue weighted by Gasteiger charge is 2.10. The molecule has 0 saturated carbocycles. The van der Waals surface area contributed by atoms with Crippen LogP contribution in [0.2, 0.25) is 0 Å². The fraction of sp³-hybridized carbons (Fsp3) is 0.381. The molecule has 0 atom stereocenters. The summed E-state index contributed by atoms with van der Waals surface area (Å²) in [6.45, 7) is 2.76. The van der Waals surface area contributed by atoms with E-state index in [9.17, 15) is 4.79 Å². The minimum Gasteiger partial charge on any atom is -0.492 e. The Balaban J connectivity index is 0.00000210. The molecule has 2 aromatic carbocycles. The SMILES string of the molecule is CN(C)CCOc1ccc2c(=O)c3ccc(OCCN(C)C)cc3oc2c1.Cl.Cl. The zero-order valence-electron chi connectivity index (χ0n) is 17.1. The summed E-state index contributed by atoms with van der Waals surface area (Å²) in [6.07, 6.45) is 0. The van der Waals surface area contributed by atoms with Crippen LogP contribution in [0.25, 0.3) is 21.9 Å². The third-order valence-corrected chi connectivity index (χ3v) is 4.23. The maximum absolute atomic E-state index is 12.8. The molecule has 1 aromatic heterocycles. The highest BCUT2D eigenvalue weighted by Crippen LogP contribution is 2.25. The monoisotopic (exact) mass is 442 g/mol. The van der Waals surface area contributed by atoms with Crippen molar-refractivity contribution >= 4 is 46.8 Å². The van der Waals surface area contributed by atoms with Gasteiger partial charge in [-0.15, -0.1) is 24.8 Å². The van der Waals surface area contributed by atoms with Crippen molar-refractivity contribution in [3.05, 3.63) is 46.6 Å². The van der Waals surface area contributed by atoms with E-state index in [1.165, 1.54) is 0 Å². The molecule has 0 aliphatic carbocycles. The molecule has 0 saturated heterocycles. The summed E-state index contributed by atoms with van der Waals surface area (Å²) in [5.74, 6) is 1.37. The minimum absolute atomic E-state index is 0. The van der Waals surface area contributed by atoms with Crippen LogP contribution < -0.4 is 14.9 Å². The molecular weight excluding hydrogens is 415 g/mol. The Morgan fingerprint density at radius 1 is 0.759 bits per heavy atom. The Morgan fingerprint density at radius 3 is 1.55 bits per heavy atom. The molecule has 0 unspecified atom stereocenters. The van der Waals surface area contributed by atoms with Crippen LogP contribution in [-0.2, 0) is 0 Å². The Morgan fingerprint density at radius 2 is 1.17 bits per heavy atom. The first kappa shape index (κ1) is 25.0. The van der Waals surface area contributed by atoms with Crippen molar-refractivity contribution in [1.29, 1.82) is 0 Å². The van der Waals surface area contributed by atoms with Crippen LogP contribution >= 0.6 is 24.8 Å². The maximum atomic E-state index is 12.8. The van der Waals surface area contributed by atoms with E-state index in [4.69, 9.17) is 13.9 Å². The van der Waals surface area contributed by atoms with E-state index >= 15 is 0 Å². The minimum atomic E-state index is -0.0501. The van der Waals surface area contributed by atoms with Gasteiger partial charge in [0.15, 0.2) is 0 Å². The van der Waals surface area contributed by atoms with Crippen molar-refractivity contribution in [2.45, 2.75) is 0 Å². The van der Waals surface area contributed by atoms with Crippen LogP contribution in [0.15, 0.2) is 45.6 Å². The second-order valence-corrected chi connectivity index (χ2v) is 7.05. The van der Waals surface area contributed by atoms with Gasteiger partial charge in [-0.05, 0) is 52.5 Å². The van der Waals surface area contributed by atoms with Crippen LogP contribution in [0.4, 0.5) is 0 Å². The van der Waals surface area contributed by atoms with E-state index in [0.29, 0.717) is 46.7 Å². The lowest BCUT2D eigenvalue weighted by molar-refractivity contribution is 0.261. The molecule has 3 rings (SSSR count). The second kappa shape index (κ2) is 11.3. The number of ether oxygens (including phenoxy) is 2. The van der Waals surface area contributed by atoms with Crippen LogP contribution in [0.1, 0.15) is 0 Å². The quantitative estimate of drug-likeness (QED) is 0.496. The fourth-order valence-corrected chi connectivity index (χ4v) is 2.68. The first-order chi connectivity index (χ1) is 12.9. The topological polar surface area (TPSA) is 55.1 Å². The molecule has 29 heavy (non-hydrogen) atoms. The number of fused-ring (bicyclic) bond motifs is 2. The van der Waals surface area contributed by atoms with Crippen molar-refractivity contribution in [3.63, 3.8) is 0 Å². The second-order valence-electron chi connectivity index (χ2n) is 7.05.